The van der Waals surface area contributed by atoms with Gasteiger partial charge in [-0.3, -0.25) is 9.59 Å². The number of carbonyl (C=O) groups excluding carboxylic acids is 1. The van der Waals surface area contributed by atoms with Gasteiger partial charge in [-0.2, -0.15) is 0 Å². The lowest BCUT2D eigenvalue weighted by Crippen LogP contribution is -2.57. The van der Waals surface area contributed by atoms with E-state index < -0.39 is 5.60 Å². The van der Waals surface area contributed by atoms with Gasteiger partial charge in [0.05, 0.1) is 19.3 Å². The summed E-state index contributed by atoms with van der Waals surface area (Å²) in [6.07, 6.45) is -0.0767. The molecule has 1 aliphatic heterocycles. The van der Waals surface area contributed by atoms with Gasteiger partial charge in [-0.1, -0.05) is 26.8 Å². The normalized spacial score (nSPS) is 21.4. The van der Waals surface area contributed by atoms with Gasteiger partial charge in [0.1, 0.15) is 0 Å². The second kappa shape index (κ2) is 6.69. The predicted molar refractivity (Wildman–Crippen MR) is 91.8 cm³/mol. The van der Waals surface area contributed by atoms with Gasteiger partial charge in [0, 0.05) is 24.8 Å². The van der Waals surface area contributed by atoms with Crippen LogP contribution in [0.25, 0.3) is 0 Å². The number of pyridine rings is 1. The van der Waals surface area contributed by atoms with Crippen molar-refractivity contribution < 1.29 is 14.6 Å². The fraction of sp³-hybridized carbons (Fsp3) is 0.667. The average Bonchev–Trinajstić information content (AvgIpc) is 2.49. The maximum Gasteiger partial charge on any atom is 0.256 e. The Labute approximate surface area is 143 Å². The molecule has 2 heterocycles. The smallest absolute Gasteiger partial charge is 0.256 e. The lowest BCUT2D eigenvalue weighted by atomic mass is 9.87. The van der Waals surface area contributed by atoms with Gasteiger partial charge in [-0.25, -0.2) is 0 Å². The molecule has 0 aliphatic carbocycles. The summed E-state index contributed by atoms with van der Waals surface area (Å²) in [5, 5.41) is 10.7. The number of ether oxygens (including phenoxy) is 1. The summed E-state index contributed by atoms with van der Waals surface area (Å²) in [6.45, 7) is 10.7. The molecule has 0 radical (unpaired) electrons. The fourth-order valence-corrected chi connectivity index (χ4v) is 2.90. The maximum atomic E-state index is 12.8. The number of carbonyl (C=O) groups is 1. The first kappa shape index (κ1) is 18.7. The molecule has 2 atom stereocenters. The number of hydrogen-bond donors (Lipinski definition) is 1. The van der Waals surface area contributed by atoms with Gasteiger partial charge in [0.15, 0.2) is 5.60 Å². The van der Waals surface area contributed by atoms with Crippen LogP contribution in [-0.4, -0.2) is 51.9 Å². The molecule has 2 unspecified atom stereocenters. The molecule has 0 saturated carbocycles. The Balaban J connectivity index is 2.17. The summed E-state index contributed by atoms with van der Waals surface area (Å²) in [5.74, 6) is -0.366. The zero-order valence-corrected chi connectivity index (χ0v) is 15.2. The first-order chi connectivity index (χ1) is 11.0. The summed E-state index contributed by atoms with van der Waals surface area (Å²) in [4.78, 5) is 26.5. The van der Waals surface area contributed by atoms with E-state index in [0.29, 0.717) is 25.4 Å². The van der Waals surface area contributed by atoms with E-state index in [9.17, 15) is 14.7 Å². The van der Waals surface area contributed by atoms with Crippen molar-refractivity contribution in [2.75, 3.05) is 19.7 Å². The number of aryl methyl sites for hydroxylation is 1. The van der Waals surface area contributed by atoms with Crippen LogP contribution in [0.2, 0.25) is 0 Å². The highest BCUT2D eigenvalue weighted by Crippen LogP contribution is 2.26. The third-order valence-corrected chi connectivity index (χ3v) is 4.51. The maximum absolute atomic E-state index is 12.8. The lowest BCUT2D eigenvalue weighted by Gasteiger charge is -2.41. The van der Waals surface area contributed by atoms with E-state index in [4.69, 9.17) is 4.74 Å². The molecular formula is C18H28N2O4. The number of nitrogens with zero attached hydrogens (tertiary/aromatic N) is 2. The summed E-state index contributed by atoms with van der Waals surface area (Å²) >= 11 is 0. The van der Waals surface area contributed by atoms with Crippen molar-refractivity contribution >= 4 is 5.91 Å². The van der Waals surface area contributed by atoms with Crippen LogP contribution in [-0.2, 0) is 16.1 Å². The molecule has 1 N–H and O–H groups in total. The van der Waals surface area contributed by atoms with Crippen molar-refractivity contribution in [1.82, 2.24) is 9.47 Å². The Kier molecular flexibility index (Phi) is 5.20. The second-order valence-corrected chi connectivity index (χ2v) is 7.84. The highest BCUT2D eigenvalue weighted by molar-refractivity contribution is 5.84. The molecular weight excluding hydrogens is 308 g/mol. The van der Waals surface area contributed by atoms with Crippen LogP contribution in [0.1, 0.15) is 33.4 Å². The average molecular weight is 336 g/mol. The molecule has 2 rings (SSSR count). The molecule has 0 bridgehead atoms. The highest BCUT2D eigenvalue weighted by atomic mass is 16.5. The van der Waals surface area contributed by atoms with Crippen LogP contribution in [0, 0.1) is 12.3 Å². The standard InChI is InChI=1S/C18H28N2O4/c1-13-7-6-8-15(21)20(13)12-18(5,23)16(22)19-9-10-24-14(11-19)17(2,3)4/h6-8,14,23H,9-12H2,1-5H3. The molecule has 6 heteroatoms. The number of aromatic nitrogens is 1. The third-order valence-electron chi connectivity index (χ3n) is 4.51. The van der Waals surface area contributed by atoms with E-state index in [-0.39, 0.29) is 29.5 Å². The monoisotopic (exact) mass is 336 g/mol. The minimum atomic E-state index is -1.64. The molecule has 134 valence electrons. The minimum Gasteiger partial charge on any atom is -0.378 e. The van der Waals surface area contributed by atoms with Gasteiger partial charge in [-0.15, -0.1) is 0 Å². The molecule has 1 aromatic rings. The van der Waals surface area contributed by atoms with Gasteiger partial charge < -0.3 is 19.3 Å². The van der Waals surface area contributed by atoms with E-state index in [0.717, 1.165) is 0 Å². The van der Waals surface area contributed by atoms with Gasteiger partial charge in [0.25, 0.3) is 11.5 Å². The van der Waals surface area contributed by atoms with Crippen molar-refractivity contribution in [3.8, 4) is 0 Å². The number of rotatable bonds is 3. The summed E-state index contributed by atoms with van der Waals surface area (Å²) in [5.41, 5.74) is -1.24. The molecule has 1 aliphatic rings. The van der Waals surface area contributed by atoms with Crippen LogP contribution in [0.15, 0.2) is 23.0 Å². The van der Waals surface area contributed by atoms with Crippen LogP contribution in [0.3, 0.4) is 0 Å². The molecule has 6 nitrogen and oxygen atoms in total. The molecule has 1 amide bonds. The first-order valence-corrected chi connectivity index (χ1v) is 8.32. The van der Waals surface area contributed by atoms with Crippen molar-refractivity contribution in [3.63, 3.8) is 0 Å². The number of amides is 1. The van der Waals surface area contributed by atoms with Crippen LogP contribution >= 0.6 is 0 Å². The number of hydrogen-bond acceptors (Lipinski definition) is 4. The quantitative estimate of drug-likeness (QED) is 0.900. The van der Waals surface area contributed by atoms with Gasteiger partial charge >= 0.3 is 0 Å². The Hall–Kier alpha value is -1.66. The van der Waals surface area contributed by atoms with Crippen molar-refractivity contribution in [2.45, 2.75) is 52.9 Å². The molecule has 1 fully saturated rings. The number of aliphatic hydroxyl groups is 1. The summed E-state index contributed by atoms with van der Waals surface area (Å²) in [6, 6.07) is 4.88. The molecule has 0 aromatic carbocycles. The van der Waals surface area contributed by atoms with Gasteiger partial charge in [-0.05, 0) is 25.3 Å². The van der Waals surface area contributed by atoms with Crippen LogP contribution in [0.5, 0.6) is 0 Å². The molecule has 24 heavy (non-hydrogen) atoms. The lowest BCUT2D eigenvalue weighted by molar-refractivity contribution is -0.162. The molecule has 0 spiro atoms. The Morgan fingerprint density at radius 3 is 2.58 bits per heavy atom. The molecule has 1 aromatic heterocycles. The zero-order valence-electron chi connectivity index (χ0n) is 15.2. The van der Waals surface area contributed by atoms with Crippen LogP contribution in [0.4, 0.5) is 0 Å². The predicted octanol–water partition coefficient (Wildman–Crippen LogP) is 1.18. The van der Waals surface area contributed by atoms with E-state index >= 15 is 0 Å². The van der Waals surface area contributed by atoms with Gasteiger partial charge in [0.2, 0.25) is 0 Å². The summed E-state index contributed by atoms with van der Waals surface area (Å²) in [7, 11) is 0. The Morgan fingerprint density at radius 1 is 1.33 bits per heavy atom. The van der Waals surface area contributed by atoms with Crippen molar-refractivity contribution in [3.05, 3.63) is 34.2 Å². The zero-order chi connectivity index (χ0) is 18.1. The largest absolute Gasteiger partial charge is 0.378 e. The minimum absolute atomic E-state index is 0.0606. The Morgan fingerprint density at radius 2 is 2.00 bits per heavy atom. The highest BCUT2D eigenvalue weighted by Gasteiger charge is 2.39. The topological polar surface area (TPSA) is 71.8 Å². The van der Waals surface area contributed by atoms with E-state index in [2.05, 4.69) is 20.8 Å². The van der Waals surface area contributed by atoms with Crippen molar-refractivity contribution in [2.24, 2.45) is 5.41 Å². The van der Waals surface area contributed by atoms with E-state index in [1.807, 2.05) is 0 Å². The molecule has 1 saturated heterocycles. The third kappa shape index (κ3) is 4.05. The SMILES string of the molecule is Cc1cccc(=O)n1CC(C)(O)C(=O)N1CCOC(C(C)(C)C)C1. The van der Waals surface area contributed by atoms with E-state index in [1.54, 1.807) is 24.0 Å². The summed E-state index contributed by atoms with van der Waals surface area (Å²) < 4.78 is 7.19. The Bertz CT molecular complexity index is 658. The van der Waals surface area contributed by atoms with E-state index in [1.165, 1.54) is 17.6 Å². The number of morpholine rings is 1. The fourth-order valence-electron chi connectivity index (χ4n) is 2.90. The second-order valence-electron chi connectivity index (χ2n) is 7.84. The van der Waals surface area contributed by atoms with Crippen LogP contribution < -0.4 is 5.56 Å². The first-order valence-electron chi connectivity index (χ1n) is 8.32. The van der Waals surface area contributed by atoms with Crippen molar-refractivity contribution in [1.29, 1.82) is 0 Å².